The number of benzene rings is 1. The van der Waals surface area contributed by atoms with E-state index in [1.54, 1.807) is 0 Å². The molecule has 0 spiro atoms. The quantitative estimate of drug-likeness (QED) is 0.443. The summed E-state index contributed by atoms with van der Waals surface area (Å²) in [5.74, 6) is -3.13. The summed E-state index contributed by atoms with van der Waals surface area (Å²) in [6, 6.07) is 3.33. The number of aromatic hydroxyl groups is 1. The Morgan fingerprint density at radius 2 is 2.00 bits per heavy atom. The largest absolute Gasteiger partial charge is 0.506 e. The zero-order valence-electron chi connectivity index (χ0n) is 12.6. The molecular formula is C15H18N2O6. The maximum absolute atomic E-state index is 12.3. The molecule has 0 radical (unpaired) electrons. The van der Waals surface area contributed by atoms with Gasteiger partial charge in [-0.3, -0.25) is 19.7 Å². The third kappa shape index (κ3) is 3.77. The van der Waals surface area contributed by atoms with Gasteiger partial charge in [-0.25, -0.2) is 0 Å². The molecule has 1 aromatic rings. The Balaban J connectivity index is 2.14. The molecule has 0 aliphatic heterocycles. The standard InChI is InChI=1S/C15H18N2O6/c1-8-2-4-10(11(6-8)15(20)21)14(19)16-12-5-3-9(17(22)23)7-13(12)18/h3,5,7-8,10-11,18H,2,4,6H2,1H3,(H,16,19)(H,20,21). The van der Waals surface area contributed by atoms with Crippen molar-refractivity contribution in [3.63, 3.8) is 0 Å². The first kappa shape index (κ1) is 16.7. The number of phenolic OH excluding ortho intramolecular Hbond substituents is 1. The van der Waals surface area contributed by atoms with Crippen LogP contribution in [0.25, 0.3) is 0 Å². The van der Waals surface area contributed by atoms with Crippen molar-refractivity contribution in [1.82, 2.24) is 0 Å². The highest BCUT2D eigenvalue weighted by Crippen LogP contribution is 2.36. The van der Waals surface area contributed by atoms with Crippen molar-refractivity contribution in [3.05, 3.63) is 28.3 Å². The lowest BCUT2D eigenvalue weighted by Gasteiger charge is -2.31. The molecule has 0 heterocycles. The van der Waals surface area contributed by atoms with Crippen LogP contribution in [-0.2, 0) is 9.59 Å². The minimum atomic E-state index is -1.01. The van der Waals surface area contributed by atoms with E-state index in [9.17, 15) is 29.9 Å². The SMILES string of the molecule is CC1CCC(C(=O)Nc2ccc([N+](=O)[O-])cc2O)C(C(=O)O)C1. The minimum Gasteiger partial charge on any atom is -0.506 e. The van der Waals surface area contributed by atoms with E-state index in [1.165, 1.54) is 6.07 Å². The van der Waals surface area contributed by atoms with E-state index < -0.39 is 34.4 Å². The number of carboxylic acid groups (broad SMARTS) is 1. The first-order valence-corrected chi connectivity index (χ1v) is 7.30. The fourth-order valence-corrected chi connectivity index (χ4v) is 2.93. The molecule has 2 rings (SSSR count). The van der Waals surface area contributed by atoms with Crippen molar-refractivity contribution >= 4 is 23.3 Å². The van der Waals surface area contributed by atoms with Crippen LogP contribution in [0.2, 0.25) is 0 Å². The molecule has 8 heteroatoms. The molecule has 3 unspecified atom stereocenters. The van der Waals surface area contributed by atoms with Gasteiger partial charge in [0, 0.05) is 6.07 Å². The van der Waals surface area contributed by atoms with E-state index in [-0.39, 0.29) is 17.3 Å². The van der Waals surface area contributed by atoms with Crippen LogP contribution in [0.3, 0.4) is 0 Å². The number of nitrogens with one attached hydrogen (secondary N) is 1. The number of aliphatic carboxylic acids is 1. The molecule has 1 aromatic carbocycles. The van der Waals surface area contributed by atoms with Gasteiger partial charge in [-0.15, -0.1) is 0 Å². The van der Waals surface area contributed by atoms with Gasteiger partial charge in [0.1, 0.15) is 5.75 Å². The van der Waals surface area contributed by atoms with E-state index >= 15 is 0 Å². The lowest BCUT2D eigenvalue weighted by molar-refractivity contribution is -0.384. The number of hydrogen-bond acceptors (Lipinski definition) is 5. The number of carbonyl (C=O) groups is 2. The number of hydrogen-bond donors (Lipinski definition) is 3. The second-order valence-electron chi connectivity index (χ2n) is 5.92. The highest BCUT2D eigenvalue weighted by atomic mass is 16.6. The summed E-state index contributed by atoms with van der Waals surface area (Å²) in [6.07, 6.45) is 1.64. The van der Waals surface area contributed by atoms with Crippen LogP contribution in [0.4, 0.5) is 11.4 Å². The maximum Gasteiger partial charge on any atom is 0.307 e. The van der Waals surface area contributed by atoms with Crippen LogP contribution in [0.1, 0.15) is 26.2 Å². The van der Waals surface area contributed by atoms with E-state index in [2.05, 4.69) is 5.32 Å². The normalized spacial score (nSPS) is 24.0. The van der Waals surface area contributed by atoms with Crippen LogP contribution in [0.5, 0.6) is 5.75 Å². The average Bonchev–Trinajstić information content (AvgIpc) is 2.48. The number of phenols is 1. The summed E-state index contributed by atoms with van der Waals surface area (Å²) >= 11 is 0. The van der Waals surface area contributed by atoms with Crippen molar-refractivity contribution in [3.8, 4) is 5.75 Å². The van der Waals surface area contributed by atoms with Gasteiger partial charge in [-0.1, -0.05) is 6.92 Å². The smallest absolute Gasteiger partial charge is 0.307 e. The average molecular weight is 322 g/mol. The van der Waals surface area contributed by atoms with Crippen LogP contribution in [0.15, 0.2) is 18.2 Å². The second-order valence-corrected chi connectivity index (χ2v) is 5.92. The predicted molar refractivity (Wildman–Crippen MR) is 81.0 cm³/mol. The molecular weight excluding hydrogens is 304 g/mol. The highest BCUT2D eigenvalue weighted by molar-refractivity contribution is 5.96. The maximum atomic E-state index is 12.3. The Labute approximate surface area is 132 Å². The molecule has 1 amide bonds. The van der Waals surface area contributed by atoms with Crippen molar-refractivity contribution in [2.45, 2.75) is 26.2 Å². The van der Waals surface area contributed by atoms with Crippen molar-refractivity contribution in [2.24, 2.45) is 17.8 Å². The predicted octanol–water partition coefficient (Wildman–Crippen LogP) is 2.38. The molecule has 1 aliphatic carbocycles. The fourth-order valence-electron chi connectivity index (χ4n) is 2.93. The van der Waals surface area contributed by atoms with Gasteiger partial charge in [-0.05, 0) is 31.2 Å². The van der Waals surface area contributed by atoms with Gasteiger partial charge in [0.15, 0.2) is 0 Å². The third-order valence-corrected chi connectivity index (χ3v) is 4.22. The van der Waals surface area contributed by atoms with Gasteiger partial charge in [0.25, 0.3) is 5.69 Å². The summed E-state index contributed by atoms with van der Waals surface area (Å²) in [7, 11) is 0. The van der Waals surface area contributed by atoms with E-state index in [0.717, 1.165) is 18.6 Å². The second kappa shape index (κ2) is 6.64. The van der Waals surface area contributed by atoms with Crippen LogP contribution >= 0.6 is 0 Å². The van der Waals surface area contributed by atoms with Crippen LogP contribution in [-0.4, -0.2) is 27.0 Å². The van der Waals surface area contributed by atoms with Crippen LogP contribution in [0, 0.1) is 27.9 Å². The zero-order chi connectivity index (χ0) is 17.1. The lowest BCUT2D eigenvalue weighted by Crippen LogP contribution is -2.38. The van der Waals surface area contributed by atoms with Crippen LogP contribution < -0.4 is 5.32 Å². The molecule has 23 heavy (non-hydrogen) atoms. The molecule has 124 valence electrons. The Kier molecular flexibility index (Phi) is 4.83. The first-order chi connectivity index (χ1) is 10.8. The Morgan fingerprint density at radius 1 is 1.30 bits per heavy atom. The summed E-state index contributed by atoms with van der Waals surface area (Å²) < 4.78 is 0. The van der Waals surface area contributed by atoms with Crippen molar-refractivity contribution in [1.29, 1.82) is 0 Å². The molecule has 3 N–H and O–H groups in total. The van der Waals surface area contributed by atoms with Gasteiger partial charge in [0.2, 0.25) is 5.91 Å². The summed E-state index contributed by atoms with van der Waals surface area (Å²) in [5.41, 5.74) is -0.265. The first-order valence-electron chi connectivity index (χ1n) is 7.30. The highest BCUT2D eigenvalue weighted by Gasteiger charge is 2.38. The number of carboxylic acids is 1. The topological polar surface area (TPSA) is 130 Å². The van der Waals surface area contributed by atoms with E-state index in [4.69, 9.17) is 0 Å². The van der Waals surface area contributed by atoms with Crippen molar-refractivity contribution in [2.75, 3.05) is 5.32 Å². The molecule has 3 atom stereocenters. The Morgan fingerprint density at radius 3 is 2.57 bits per heavy atom. The Bertz CT molecular complexity index is 645. The zero-order valence-corrected chi connectivity index (χ0v) is 12.6. The minimum absolute atomic E-state index is 0.0309. The molecule has 8 nitrogen and oxygen atoms in total. The summed E-state index contributed by atoms with van der Waals surface area (Å²) in [6.45, 7) is 1.95. The third-order valence-electron chi connectivity index (χ3n) is 4.22. The molecule has 0 aromatic heterocycles. The lowest BCUT2D eigenvalue weighted by atomic mass is 9.74. The number of carbonyl (C=O) groups excluding carboxylic acids is 1. The van der Waals surface area contributed by atoms with Gasteiger partial charge >= 0.3 is 5.97 Å². The van der Waals surface area contributed by atoms with Gasteiger partial charge in [0.05, 0.1) is 28.5 Å². The number of nitro benzene ring substituents is 1. The summed E-state index contributed by atoms with van der Waals surface area (Å²) in [5, 5.41) is 32.2. The summed E-state index contributed by atoms with van der Waals surface area (Å²) in [4.78, 5) is 33.7. The number of nitrogens with zero attached hydrogens (tertiary/aromatic N) is 1. The monoisotopic (exact) mass is 322 g/mol. The molecule has 1 fully saturated rings. The molecule has 0 bridgehead atoms. The number of non-ortho nitro benzene ring substituents is 1. The Hall–Kier alpha value is -2.64. The molecule has 1 saturated carbocycles. The van der Waals surface area contributed by atoms with Gasteiger partial charge in [-0.2, -0.15) is 0 Å². The number of nitro groups is 1. The fraction of sp³-hybridized carbons (Fsp3) is 0.467. The molecule has 0 saturated heterocycles. The number of anilines is 1. The van der Waals surface area contributed by atoms with Gasteiger partial charge < -0.3 is 15.5 Å². The molecule has 1 aliphatic rings. The van der Waals surface area contributed by atoms with E-state index in [1.807, 2.05) is 6.92 Å². The van der Waals surface area contributed by atoms with Crippen molar-refractivity contribution < 1.29 is 24.7 Å². The van der Waals surface area contributed by atoms with E-state index in [0.29, 0.717) is 12.8 Å². The number of rotatable bonds is 4. The number of amides is 1.